The highest BCUT2D eigenvalue weighted by atomic mass is 32.2. The molecule has 2 rings (SSSR count). The monoisotopic (exact) mass is 378 g/mol. The van der Waals surface area contributed by atoms with Crippen molar-refractivity contribution in [1.29, 1.82) is 0 Å². The Kier molecular flexibility index (Phi) is 7.41. The van der Waals surface area contributed by atoms with Crippen LogP contribution in [0.4, 0.5) is 0 Å². The Bertz CT molecular complexity index is 714. The number of benzene rings is 1. The van der Waals surface area contributed by atoms with Crippen LogP contribution in [0.15, 0.2) is 35.2 Å². The van der Waals surface area contributed by atoms with E-state index in [1.807, 2.05) is 13.8 Å². The van der Waals surface area contributed by atoms with Gasteiger partial charge in [0.15, 0.2) is 0 Å². The van der Waals surface area contributed by atoms with Gasteiger partial charge in [0.1, 0.15) is 0 Å². The van der Waals surface area contributed by atoms with Gasteiger partial charge < -0.3 is 5.32 Å². The molecule has 5 nitrogen and oxygen atoms in total. The van der Waals surface area contributed by atoms with Crippen molar-refractivity contribution in [1.82, 2.24) is 9.62 Å². The van der Waals surface area contributed by atoms with Gasteiger partial charge >= 0.3 is 0 Å². The van der Waals surface area contributed by atoms with Crippen molar-refractivity contribution in [2.24, 2.45) is 5.92 Å². The molecule has 26 heavy (non-hydrogen) atoms. The summed E-state index contributed by atoms with van der Waals surface area (Å²) < 4.78 is 26.3. The van der Waals surface area contributed by atoms with Gasteiger partial charge in [-0.25, -0.2) is 8.42 Å². The van der Waals surface area contributed by atoms with Crippen molar-refractivity contribution in [2.75, 3.05) is 13.1 Å². The van der Waals surface area contributed by atoms with E-state index in [2.05, 4.69) is 12.2 Å². The Morgan fingerprint density at radius 2 is 1.69 bits per heavy atom. The molecule has 144 valence electrons. The zero-order valence-corrected chi connectivity index (χ0v) is 16.8. The number of rotatable bonds is 7. The van der Waals surface area contributed by atoms with Gasteiger partial charge in [0.25, 0.3) is 0 Å². The van der Waals surface area contributed by atoms with Gasteiger partial charge in [-0.3, -0.25) is 4.79 Å². The van der Waals surface area contributed by atoms with Crippen LogP contribution in [0.25, 0.3) is 6.08 Å². The summed E-state index contributed by atoms with van der Waals surface area (Å²) >= 11 is 0. The van der Waals surface area contributed by atoms with Crippen molar-refractivity contribution in [3.05, 3.63) is 35.9 Å². The molecule has 1 aromatic carbocycles. The maximum atomic E-state index is 12.5. The first-order valence-electron chi connectivity index (χ1n) is 9.45. The molecular formula is C20H30N2O3S. The van der Waals surface area contributed by atoms with E-state index in [1.165, 1.54) is 10.4 Å². The van der Waals surface area contributed by atoms with Crippen molar-refractivity contribution in [3.8, 4) is 0 Å². The molecule has 1 amide bonds. The smallest absolute Gasteiger partial charge is 0.244 e. The van der Waals surface area contributed by atoms with Crippen LogP contribution >= 0.6 is 0 Å². The van der Waals surface area contributed by atoms with E-state index >= 15 is 0 Å². The average Bonchev–Trinajstić information content (AvgIpc) is 2.63. The minimum absolute atomic E-state index is 0.0932. The Morgan fingerprint density at radius 3 is 2.23 bits per heavy atom. The fraction of sp³-hybridized carbons (Fsp3) is 0.550. The fourth-order valence-corrected chi connectivity index (χ4v) is 4.75. The summed E-state index contributed by atoms with van der Waals surface area (Å²) in [5.74, 6) is 0.661. The Labute approximate surface area is 157 Å². The second-order valence-electron chi connectivity index (χ2n) is 6.96. The summed E-state index contributed by atoms with van der Waals surface area (Å²) in [6.45, 7) is 6.79. The predicted octanol–water partition coefficient (Wildman–Crippen LogP) is 3.43. The van der Waals surface area contributed by atoms with Crippen LogP contribution in [0.3, 0.4) is 0 Å². The van der Waals surface area contributed by atoms with Crippen LogP contribution in [0, 0.1) is 5.92 Å². The van der Waals surface area contributed by atoms with Gasteiger partial charge in [-0.15, -0.1) is 0 Å². The normalized spacial score (nSPS) is 21.2. The second kappa shape index (κ2) is 9.33. The van der Waals surface area contributed by atoms with Crippen LogP contribution in [0.1, 0.15) is 52.0 Å². The molecule has 0 saturated heterocycles. The molecule has 0 atom stereocenters. The molecular weight excluding hydrogens is 348 g/mol. The molecule has 0 radical (unpaired) electrons. The van der Waals surface area contributed by atoms with E-state index < -0.39 is 10.0 Å². The highest BCUT2D eigenvalue weighted by Gasteiger charge is 2.21. The van der Waals surface area contributed by atoms with Crippen LogP contribution in [0.5, 0.6) is 0 Å². The first kappa shape index (κ1) is 20.6. The molecule has 0 unspecified atom stereocenters. The summed E-state index contributed by atoms with van der Waals surface area (Å²) in [6, 6.07) is 6.90. The molecule has 1 aromatic rings. The average molecular weight is 379 g/mol. The second-order valence-corrected chi connectivity index (χ2v) is 8.90. The van der Waals surface area contributed by atoms with Gasteiger partial charge in [0.05, 0.1) is 4.90 Å². The molecule has 1 N–H and O–H groups in total. The first-order chi connectivity index (χ1) is 12.4. The number of amides is 1. The molecule has 1 aliphatic carbocycles. The van der Waals surface area contributed by atoms with Crippen LogP contribution in [-0.2, 0) is 14.8 Å². The molecule has 6 heteroatoms. The molecule has 1 saturated carbocycles. The molecule has 0 spiro atoms. The van der Waals surface area contributed by atoms with Gasteiger partial charge in [0, 0.05) is 25.2 Å². The lowest BCUT2D eigenvalue weighted by molar-refractivity contribution is -0.117. The summed E-state index contributed by atoms with van der Waals surface area (Å²) in [5, 5.41) is 3.05. The molecule has 1 aliphatic rings. The molecule has 1 fully saturated rings. The van der Waals surface area contributed by atoms with Crippen molar-refractivity contribution in [3.63, 3.8) is 0 Å². The number of hydrogen-bond donors (Lipinski definition) is 1. The summed E-state index contributed by atoms with van der Waals surface area (Å²) in [7, 11) is -3.44. The van der Waals surface area contributed by atoms with E-state index in [0.29, 0.717) is 13.1 Å². The Morgan fingerprint density at radius 1 is 1.12 bits per heavy atom. The number of nitrogens with zero attached hydrogens (tertiary/aromatic N) is 1. The molecule has 0 heterocycles. The lowest BCUT2D eigenvalue weighted by atomic mass is 9.87. The van der Waals surface area contributed by atoms with Gasteiger partial charge in [-0.1, -0.05) is 32.9 Å². The summed E-state index contributed by atoms with van der Waals surface area (Å²) in [6.07, 6.45) is 7.64. The topological polar surface area (TPSA) is 66.5 Å². The number of sulfonamides is 1. The fourth-order valence-electron chi connectivity index (χ4n) is 3.29. The largest absolute Gasteiger partial charge is 0.350 e. The SMILES string of the molecule is CCN(CC)S(=O)(=O)c1ccc(C=CC(=O)NC2CCC(C)CC2)cc1. The number of nitrogens with one attached hydrogen (secondary N) is 1. The Hall–Kier alpha value is -1.66. The van der Waals surface area contributed by atoms with E-state index in [4.69, 9.17) is 0 Å². The lowest BCUT2D eigenvalue weighted by Gasteiger charge is -2.26. The van der Waals surface area contributed by atoms with Gasteiger partial charge in [-0.2, -0.15) is 4.31 Å². The molecule has 0 bridgehead atoms. The molecule has 0 aliphatic heterocycles. The minimum atomic E-state index is -3.44. The maximum Gasteiger partial charge on any atom is 0.244 e. The minimum Gasteiger partial charge on any atom is -0.350 e. The third-order valence-electron chi connectivity index (χ3n) is 5.01. The zero-order chi connectivity index (χ0) is 19.2. The van der Waals surface area contributed by atoms with Crippen molar-refractivity contribution >= 4 is 22.0 Å². The highest BCUT2D eigenvalue weighted by Crippen LogP contribution is 2.23. The summed E-state index contributed by atoms with van der Waals surface area (Å²) in [5.41, 5.74) is 0.802. The van der Waals surface area contributed by atoms with E-state index in [9.17, 15) is 13.2 Å². The van der Waals surface area contributed by atoms with Gasteiger partial charge in [-0.05, 0) is 55.4 Å². The zero-order valence-electron chi connectivity index (χ0n) is 15.9. The van der Waals surface area contributed by atoms with E-state index in [0.717, 1.165) is 37.2 Å². The first-order valence-corrected chi connectivity index (χ1v) is 10.9. The Balaban J connectivity index is 1.96. The van der Waals surface area contributed by atoms with Crippen LogP contribution in [0.2, 0.25) is 0 Å². The third-order valence-corrected chi connectivity index (χ3v) is 7.08. The molecule has 0 aromatic heterocycles. The number of hydrogen-bond acceptors (Lipinski definition) is 3. The predicted molar refractivity (Wildman–Crippen MR) is 105 cm³/mol. The maximum absolute atomic E-state index is 12.5. The van der Waals surface area contributed by atoms with Crippen LogP contribution in [-0.4, -0.2) is 37.8 Å². The van der Waals surface area contributed by atoms with Gasteiger partial charge in [0.2, 0.25) is 15.9 Å². The van der Waals surface area contributed by atoms with E-state index in [-0.39, 0.29) is 16.8 Å². The van der Waals surface area contributed by atoms with Crippen LogP contribution < -0.4 is 5.32 Å². The highest BCUT2D eigenvalue weighted by molar-refractivity contribution is 7.89. The van der Waals surface area contributed by atoms with E-state index in [1.54, 1.807) is 30.3 Å². The summed E-state index contributed by atoms with van der Waals surface area (Å²) in [4.78, 5) is 12.3. The third kappa shape index (κ3) is 5.42. The number of carbonyl (C=O) groups is 1. The van der Waals surface area contributed by atoms with Crippen molar-refractivity contribution in [2.45, 2.75) is 57.4 Å². The standard InChI is InChI=1S/C20H30N2O3S/c1-4-22(5-2)26(24,25)19-13-8-17(9-14-19)10-15-20(23)21-18-11-6-16(3)7-12-18/h8-10,13-16,18H,4-7,11-12H2,1-3H3,(H,21,23). The number of carbonyl (C=O) groups excluding carboxylic acids is 1. The van der Waals surface area contributed by atoms with Crippen molar-refractivity contribution < 1.29 is 13.2 Å². The quantitative estimate of drug-likeness (QED) is 0.739. The lowest BCUT2D eigenvalue weighted by Crippen LogP contribution is -2.36.